The van der Waals surface area contributed by atoms with Crippen molar-refractivity contribution in [2.24, 2.45) is 0 Å². The third-order valence-corrected chi connectivity index (χ3v) is 3.38. The molecule has 1 aromatic heterocycles. The van der Waals surface area contributed by atoms with E-state index in [4.69, 9.17) is 9.15 Å². The molecule has 0 unspecified atom stereocenters. The minimum absolute atomic E-state index is 0.00217. The number of benzene rings is 2. The van der Waals surface area contributed by atoms with Gasteiger partial charge >= 0.3 is 0 Å². The maximum atomic E-state index is 12.2. The zero-order valence-electron chi connectivity index (χ0n) is 12.2. The third kappa shape index (κ3) is 2.63. The van der Waals surface area contributed by atoms with Crippen molar-refractivity contribution in [3.8, 4) is 34.3 Å². The van der Waals surface area contributed by atoms with Crippen LogP contribution in [-0.2, 0) is 4.79 Å². The Morgan fingerprint density at radius 2 is 1.88 bits per heavy atom. The molecule has 0 radical (unpaired) electrons. The summed E-state index contributed by atoms with van der Waals surface area (Å²) >= 11 is 0. The quantitative estimate of drug-likeness (QED) is 0.628. The number of ether oxygens (including phenoxy) is 1. The minimum atomic E-state index is -0.658. The first-order valence-corrected chi connectivity index (χ1v) is 6.90. The first kappa shape index (κ1) is 15.4. The first-order chi connectivity index (χ1) is 11.5. The van der Waals surface area contributed by atoms with Crippen LogP contribution in [0.3, 0.4) is 0 Å². The first-order valence-electron chi connectivity index (χ1n) is 6.90. The van der Waals surface area contributed by atoms with Crippen LogP contribution in [-0.4, -0.2) is 28.2 Å². The van der Waals surface area contributed by atoms with Crippen molar-refractivity contribution in [3.05, 3.63) is 46.6 Å². The predicted molar refractivity (Wildman–Crippen MR) is 84.5 cm³/mol. The van der Waals surface area contributed by atoms with Gasteiger partial charge in [0, 0.05) is 11.6 Å². The molecule has 0 bridgehead atoms. The summed E-state index contributed by atoms with van der Waals surface area (Å²) in [4.78, 5) is 22.6. The molecule has 3 rings (SSSR count). The molecule has 122 valence electrons. The normalized spacial score (nSPS) is 10.7. The van der Waals surface area contributed by atoms with Crippen molar-refractivity contribution in [1.29, 1.82) is 0 Å². The van der Waals surface area contributed by atoms with Gasteiger partial charge < -0.3 is 24.5 Å². The Morgan fingerprint density at radius 1 is 1.08 bits per heavy atom. The summed E-state index contributed by atoms with van der Waals surface area (Å²) in [5.41, 5.74) is -0.306. The molecule has 0 atom stereocenters. The second-order valence-corrected chi connectivity index (χ2v) is 4.95. The summed E-state index contributed by atoms with van der Waals surface area (Å²) in [7, 11) is 0. The van der Waals surface area contributed by atoms with E-state index in [0.717, 1.165) is 0 Å². The molecule has 2 aromatic carbocycles. The molecule has 0 saturated carbocycles. The number of carbonyl (C=O) groups excluding carboxylic acids is 1. The summed E-state index contributed by atoms with van der Waals surface area (Å²) in [6.07, 6.45) is 0.516. The van der Waals surface area contributed by atoms with E-state index >= 15 is 0 Å². The van der Waals surface area contributed by atoms with Crippen molar-refractivity contribution < 1.29 is 29.3 Å². The lowest BCUT2D eigenvalue weighted by Crippen LogP contribution is -2.03. The van der Waals surface area contributed by atoms with Crippen LogP contribution in [0.15, 0.2) is 45.6 Å². The molecule has 3 aromatic rings. The van der Waals surface area contributed by atoms with E-state index in [1.165, 1.54) is 36.4 Å². The highest BCUT2D eigenvalue weighted by atomic mass is 16.5. The van der Waals surface area contributed by atoms with Gasteiger partial charge in [0.2, 0.25) is 11.2 Å². The summed E-state index contributed by atoms with van der Waals surface area (Å²) in [6.45, 7) is -0.265. The Hall–Kier alpha value is -3.48. The van der Waals surface area contributed by atoms with Gasteiger partial charge in [-0.3, -0.25) is 9.59 Å². The third-order valence-electron chi connectivity index (χ3n) is 3.38. The minimum Gasteiger partial charge on any atom is -0.508 e. The number of phenolic OH excluding ortho intramolecular Hbond substituents is 2. The summed E-state index contributed by atoms with van der Waals surface area (Å²) in [5, 5.41) is 29.5. The topological polar surface area (TPSA) is 117 Å². The van der Waals surface area contributed by atoms with E-state index < -0.39 is 11.2 Å². The van der Waals surface area contributed by atoms with Crippen LogP contribution in [0.4, 0.5) is 0 Å². The van der Waals surface area contributed by atoms with Crippen molar-refractivity contribution in [2.45, 2.75) is 0 Å². The lowest BCUT2D eigenvalue weighted by Gasteiger charge is -2.09. The van der Waals surface area contributed by atoms with E-state index in [9.17, 15) is 24.9 Å². The van der Waals surface area contributed by atoms with Gasteiger partial charge in [-0.05, 0) is 30.3 Å². The average Bonchev–Trinajstić information content (AvgIpc) is 2.57. The number of fused-ring (bicyclic) bond motifs is 1. The van der Waals surface area contributed by atoms with Crippen LogP contribution < -0.4 is 10.2 Å². The highest BCUT2D eigenvalue weighted by Gasteiger charge is 2.17. The molecule has 0 aliphatic rings. The largest absolute Gasteiger partial charge is 0.508 e. The number of rotatable bonds is 4. The molecule has 0 aliphatic carbocycles. The molecular formula is C17H12O7. The van der Waals surface area contributed by atoms with Crippen LogP contribution in [0, 0.1) is 0 Å². The molecule has 7 heteroatoms. The molecule has 3 N–H and O–H groups in total. The molecule has 0 saturated heterocycles. The summed E-state index contributed by atoms with van der Waals surface area (Å²) in [5.74, 6) is -1.06. The standard InChI is InChI=1S/C17H12O7/c18-5-6-23-14-7-9(1-4-12(14)20)17-16(22)15(21)11-3-2-10(19)8-13(11)24-17/h1-5,7-8,19-20,22H,6H2. The van der Waals surface area contributed by atoms with E-state index in [0.29, 0.717) is 6.29 Å². The molecule has 0 amide bonds. The number of aromatic hydroxyl groups is 3. The van der Waals surface area contributed by atoms with E-state index in [1.54, 1.807) is 0 Å². The van der Waals surface area contributed by atoms with Gasteiger partial charge in [0.05, 0.1) is 5.39 Å². The highest BCUT2D eigenvalue weighted by Crippen LogP contribution is 2.36. The molecule has 7 nitrogen and oxygen atoms in total. The number of phenols is 2. The van der Waals surface area contributed by atoms with Gasteiger partial charge in [0.15, 0.2) is 23.5 Å². The lowest BCUT2D eigenvalue weighted by atomic mass is 10.1. The van der Waals surface area contributed by atoms with Crippen molar-refractivity contribution >= 4 is 17.3 Å². The molecule has 0 spiro atoms. The number of aldehydes is 1. The highest BCUT2D eigenvalue weighted by molar-refractivity contribution is 5.83. The van der Waals surface area contributed by atoms with Crippen LogP contribution in [0.2, 0.25) is 0 Å². The average molecular weight is 328 g/mol. The van der Waals surface area contributed by atoms with Crippen molar-refractivity contribution in [2.75, 3.05) is 6.61 Å². The van der Waals surface area contributed by atoms with Crippen LogP contribution in [0.1, 0.15) is 0 Å². The molecular weight excluding hydrogens is 316 g/mol. The number of hydrogen-bond donors (Lipinski definition) is 3. The molecule has 0 fully saturated rings. The Balaban J connectivity index is 2.20. The fraction of sp³-hybridized carbons (Fsp3) is 0.0588. The van der Waals surface area contributed by atoms with Crippen molar-refractivity contribution in [1.82, 2.24) is 0 Å². The Morgan fingerprint density at radius 3 is 2.62 bits per heavy atom. The summed E-state index contributed by atoms with van der Waals surface area (Å²) < 4.78 is 10.6. The van der Waals surface area contributed by atoms with Gasteiger partial charge in [0.1, 0.15) is 17.9 Å². The fourth-order valence-electron chi connectivity index (χ4n) is 2.26. The Kier molecular flexibility index (Phi) is 3.83. The smallest absolute Gasteiger partial charge is 0.235 e. The van der Waals surface area contributed by atoms with E-state index in [-0.39, 0.29) is 46.1 Å². The second-order valence-electron chi connectivity index (χ2n) is 4.95. The summed E-state index contributed by atoms with van der Waals surface area (Å²) in [6, 6.07) is 7.92. The zero-order valence-corrected chi connectivity index (χ0v) is 12.2. The monoisotopic (exact) mass is 328 g/mol. The SMILES string of the molecule is O=CCOc1cc(-c2oc3cc(O)ccc3c(=O)c2O)ccc1O. The molecule has 0 aliphatic heterocycles. The van der Waals surface area contributed by atoms with E-state index in [2.05, 4.69) is 0 Å². The Labute approximate surface area is 135 Å². The predicted octanol–water partition coefficient (Wildman–Crippen LogP) is 2.15. The van der Waals surface area contributed by atoms with Crippen LogP contribution in [0.25, 0.3) is 22.3 Å². The molecule has 1 heterocycles. The maximum Gasteiger partial charge on any atom is 0.235 e. The van der Waals surface area contributed by atoms with Crippen LogP contribution in [0.5, 0.6) is 23.0 Å². The van der Waals surface area contributed by atoms with E-state index in [1.807, 2.05) is 0 Å². The number of hydrogen-bond acceptors (Lipinski definition) is 7. The van der Waals surface area contributed by atoms with Gasteiger partial charge in [-0.25, -0.2) is 0 Å². The van der Waals surface area contributed by atoms with Crippen LogP contribution >= 0.6 is 0 Å². The number of carbonyl (C=O) groups is 1. The van der Waals surface area contributed by atoms with Crippen molar-refractivity contribution in [3.63, 3.8) is 0 Å². The molecule has 24 heavy (non-hydrogen) atoms. The fourth-order valence-corrected chi connectivity index (χ4v) is 2.26. The zero-order chi connectivity index (χ0) is 17.3. The Bertz CT molecular complexity index is 988. The van der Waals surface area contributed by atoms with Gasteiger partial charge in [-0.1, -0.05) is 0 Å². The van der Waals surface area contributed by atoms with Gasteiger partial charge in [-0.15, -0.1) is 0 Å². The maximum absolute atomic E-state index is 12.2. The van der Waals surface area contributed by atoms with Gasteiger partial charge in [-0.2, -0.15) is 0 Å². The lowest BCUT2D eigenvalue weighted by molar-refractivity contribution is -0.109. The van der Waals surface area contributed by atoms with Gasteiger partial charge in [0.25, 0.3) is 0 Å². The second kappa shape index (κ2) is 5.96.